The van der Waals surface area contributed by atoms with Crippen molar-refractivity contribution in [3.63, 3.8) is 0 Å². The van der Waals surface area contributed by atoms with Crippen molar-refractivity contribution in [1.29, 1.82) is 0 Å². The fraction of sp³-hybridized carbons (Fsp3) is 0.269. The van der Waals surface area contributed by atoms with Crippen LogP contribution in [0.4, 0.5) is 4.79 Å². The molecule has 182 valence electrons. The summed E-state index contributed by atoms with van der Waals surface area (Å²) in [6, 6.07) is 16.9. The molecule has 3 aromatic rings. The Morgan fingerprint density at radius 2 is 1.60 bits per heavy atom. The lowest BCUT2D eigenvalue weighted by Crippen LogP contribution is -2.54. The van der Waals surface area contributed by atoms with Crippen LogP contribution in [0.25, 0.3) is 11.1 Å². The van der Waals surface area contributed by atoms with Gasteiger partial charge in [-0.3, -0.25) is 4.79 Å². The zero-order valence-electron chi connectivity index (χ0n) is 19.3. The van der Waals surface area contributed by atoms with Gasteiger partial charge < -0.3 is 25.2 Å². The molecular formula is C26H26N2O6S. The lowest BCUT2D eigenvalue weighted by molar-refractivity contribution is -0.142. The van der Waals surface area contributed by atoms with Gasteiger partial charge >= 0.3 is 12.1 Å². The molecule has 1 heterocycles. The molecule has 0 bridgehead atoms. The zero-order chi connectivity index (χ0) is 24.9. The highest BCUT2D eigenvalue weighted by molar-refractivity contribution is 7.10. The largest absolute Gasteiger partial charge is 0.479 e. The van der Waals surface area contributed by atoms with Gasteiger partial charge in [-0.05, 0) is 40.6 Å². The van der Waals surface area contributed by atoms with Crippen molar-refractivity contribution in [3.8, 4) is 11.1 Å². The SMILES string of the molecule is COC(C)C(NC(=O)OCC1c2ccccc2-c2ccccc21)C(=O)NC(C(=O)O)c1cccs1. The van der Waals surface area contributed by atoms with Crippen molar-refractivity contribution in [3.05, 3.63) is 82.0 Å². The summed E-state index contributed by atoms with van der Waals surface area (Å²) in [5.41, 5.74) is 4.36. The third-order valence-electron chi connectivity index (χ3n) is 6.10. The monoisotopic (exact) mass is 494 g/mol. The molecule has 2 amide bonds. The molecule has 1 aliphatic carbocycles. The smallest absolute Gasteiger partial charge is 0.407 e. The van der Waals surface area contributed by atoms with Gasteiger partial charge in [-0.25, -0.2) is 9.59 Å². The van der Waals surface area contributed by atoms with E-state index in [1.165, 1.54) is 18.4 Å². The summed E-state index contributed by atoms with van der Waals surface area (Å²) in [7, 11) is 1.40. The first-order chi connectivity index (χ1) is 16.9. The van der Waals surface area contributed by atoms with Gasteiger partial charge in [0.15, 0.2) is 6.04 Å². The molecule has 3 unspecified atom stereocenters. The Bertz CT molecular complexity index is 1170. The zero-order valence-corrected chi connectivity index (χ0v) is 20.1. The molecule has 0 fully saturated rings. The Kier molecular flexibility index (Phi) is 7.48. The first-order valence-electron chi connectivity index (χ1n) is 11.1. The molecule has 2 aromatic carbocycles. The van der Waals surface area contributed by atoms with Crippen molar-refractivity contribution in [1.82, 2.24) is 10.6 Å². The number of carbonyl (C=O) groups is 3. The molecule has 35 heavy (non-hydrogen) atoms. The number of nitrogens with one attached hydrogen (secondary N) is 2. The summed E-state index contributed by atoms with van der Waals surface area (Å²) >= 11 is 1.21. The van der Waals surface area contributed by atoms with Crippen molar-refractivity contribution >= 4 is 29.3 Å². The van der Waals surface area contributed by atoms with Gasteiger partial charge in [0, 0.05) is 17.9 Å². The quantitative estimate of drug-likeness (QED) is 0.415. The minimum absolute atomic E-state index is 0.0858. The molecule has 3 atom stereocenters. The summed E-state index contributed by atoms with van der Waals surface area (Å²) in [5, 5.41) is 16.3. The Morgan fingerprint density at radius 1 is 0.971 bits per heavy atom. The number of amides is 2. The topological polar surface area (TPSA) is 114 Å². The number of ether oxygens (including phenoxy) is 2. The predicted molar refractivity (Wildman–Crippen MR) is 131 cm³/mol. The highest BCUT2D eigenvalue weighted by Crippen LogP contribution is 2.44. The lowest BCUT2D eigenvalue weighted by atomic mass is 9.98. The molecule has 3 N–H and O–H groups in total. The van der Waals surface area contributed by atoms with Crippen molar-refractivity contribution in [2.45, 2.75) is 31.0 Å². The fourth-order valence-corrected chi connectivity index (χ4v) is 5.01. The highest BCUT2D eigenvalue weighted by atomic mass is 32.1. The molecule has 0 saturated heterocycles. The number of carbonyl (C=O) groups excluding carboxylic acids is 2. The average Bonchev–Trinajstić information content (AvgIpc) is 3.50. The fourth-order valence-electron chi connectivity index (χ4n) is 4.24. The van der Waals surface area contributed by atoms with E-state index in [0.29, 0.717) is 4.88 Å². The van der Waals surface area contributed by atoms with Crippen LogP contribution in [-0.4, -0.2) is 48.9 Å². The summed E-state index contributed by atoms with van der Waals surface area (Å²) in [6.07, 6.45) is -1.52. The highest BCUT2D eigenvalue weighted by Gasteiger charge is 2.33. The number of fused-ring (bicyclic) bond motifs is 3. The number of carboxylic acid groups (broad SMARTS) is 1. The van der Waals surface area contributed by atoms with Crippen molar-refractivity contribution < 1.29 is 29.0 Å². The number of hydrogen-bond donors (Lipinski definition) is 3. The number of aliphatic carboxylic acids is 1. The second-order valence-electron chi connectivity index (χ2n) is 8.18. The molecule has 1 aromatic heterocycles. The second-order valence-corrected chi connectivity index (χ2v) is 9.16. The molecule has 8 nitrogen and oxygen atoms in total. The van der Waals surface area contributed by atoms with Crippen LogP contribution < -0.4 is 10.6 Å². The van der Waals surface area contributed by atoms with Crippen LogP contribution >= 0.6 is 11.3 Å². The van der Waals surface area contributed by atoms with E-state index in [2.05, 4.69) is 10.6 Å². The Balaban J connectivity index is 1.44. The maximum absolute atomic E-state index is 13.0. The number of hydrogen-bond acceptors (Lipinski definition) is 6. The van der Waals surface area contributed by atoms with E-state index in [0.717, 1.165) is 22.3 Å². The van der Waals surface area contributed by atoms with Crippen LogP contribution in [0, 0.1) is 0 Å². The molecule has 1 aliphatic rings. The van der Waals surface area contributed by atoms with Crippen LogP contribution in [0.2, 0.25) is 0 Å². The molecule has 9 heteroatoms. The molecule has 4 rings (SSSR count). The summed E-state index contributed by atoms with van der Waals surface area (Å²) in [6.45, 7) is 1.69. The summed E-state index contributed by atoms with van der Waals surface area (Å²) < 4.78 is 10.8. The van der Waals surface area contributed by atoms with Gasteiger partial charge in [-0.1, -0.05) is 54.6 Å². The van der Waals surface area contributed by atoms with Crippen LogP contribution in [0.5, 0.6) is 0 Å². The molecule has 0 spiro atoms. The number of alkyl carbamates (subject to hydrolysis) is 1. The molecule has 0 radical (unpaired) electrons. The van der Waals surface area contributed by atoms with Gasteiger partial charge in [0.2, 0.25) is 5.91 Å². The standard InChI is InChI=1S/C26H26N2O6S/c1-15(33-2)22(24(29)27-23(25(30)31)21-12-7-13-35-21)28-26(32)34-14-20-18-10-5-3-8-16(18)17-9-4-6-11-19(17)20/h3-13,15,20,22-23H,14H2,1-2H3,(H,27,29)(H,28,32)(H,30,31). The van der Waals surface area contributed by atoms with Gasteiger partial charge in [0.25, 0.3) is 0 Å². The van der Waals surface area contributed by atoms with E-state index in [4.69, 9.17) is 9.47 Å². The van der Waals surface area contributed by atoms with Crippen LogP contribution in [0.15, 0.2) is 66.0 Å². The first-order valence-corrected chi connectivity index (χ1v) is 12.0. The molecule has 0 aliphatic heterocycles. The predicted octanol–water partition coefficient (Wildman–Crippen LogP) is 3.93. The molecule has 0 saturated carbocycles. The van der Waals surface area contributed by atoms with Crippen molar-refractivity contribution in [2.75, 3.05) is 13.7 Å². The third-order valence-corrected chi connectivity index (χ3v) is 7.04. The number of benzene rings is 2. The average molecular weight is 495 g/mol. The van der Waals surface area contributed by atoms with E-state index >= 15 is 0 Å². The number of thiophene rings is 1. The Morgan fingerprint density at radius 3 is 2.14 bits per heavy atom. The van der Waals surface area contributed by atoms with Gasteiger partial charge in [-0.15, -0.1) is 11.3 Å². The Hall–Kier alpha value is -3.69. The van der Waals surface area contributed by atoms with Crippen molar-refractivity contribution in [2.24, 2.45) is 0 Å². The maximum atomic E-state index is 13.0. The van der Waals surface area contributed by atoms with Gasteiger partial charge in [0.1, 0.15) is 12.6 Å². The second kappa shape index (κ2) is 10.7. The van der Waals surface area contributed by atoms with E-state index in [1.54, 1.807) is 24.4 Å². The van der Waals surface area contributed by atoms with E-state index in [9.17, 15) is 19.5 Å². The minimum Gasteiger partial charge on any atom is -0.479 e. The summed E-state index contributed by atoms with van der Waals surface area (Å²) in [4.78, 5) is 37.9. The number of rotatable bonds is 9. The minimum atomic E-state index is -1.24. The van der Waals surface area contributed by atoms with E-state index < -0.39 is 36.2 Å². The first kappa shape index (κ1) is 24.4. The van der Waals surface area contributed by atoms with Crippen LogP contribution in [0.1, 0.15) is 34.9 Å². The maximum Gasteiger partial charge on any atom is 0.407 e. The van der Waals surface area contributed by atoms with E-state index in [1.807, 2.05) is 48.5 Å². The van der Waals surface area contributed by atoms with Gasteiger partial charge in [0.05, 0.1) is 6.10 Å². The third kappa shape index (κ3) is 5.21. The number of carboxylic acids is 1. The van der Waals surface area contributed by atoms with Crippen LogP contribution in [0.3, 0.4) is 0 Å². The van der Waals surface area contributed by atoms with Crippen LogP contribution in [-0.2, 0) is 19.1 Å². The Labute approximate surface area is 206 Å². The van der Waals surface area contributed by atoms with Gasteiger partial charge in [-0.2, -0.15) is 0 Å². The molecular weight excluding hydrogens is 468 g/mol. The lowest BCUT2D eigenvalue weighted by Gasteiger charge is -2.25. The normalized spacial score (nSPS) is 14.8. The summed E-state index contributed by atoms with van der Waals surface area (Å²) in [5.74, 6) is -2.02. The van der Waals surface area contributed by atoms with E-state index in [-0.39, 0.29) is 12.5 Å². The number of methoxy groups -OCH3 is 1.